The van der Waals surface area contributed by atoms with Gasteiger partial charge in [-0.05, 0) is 18.3 Å². The molecule has 0 saturated heterocycles. The van der Waals surface area contributed by atoms with Gasteiger partial charge in [-0.2, -0.15) is 4.31 Å². The number of hydrogen-bond acceptors (Lipinski definition) is 2. The van der Waals surface area contributed by atoms with E-state index in [0.717, 1.165) is 25.7 Å². The first-order valence-electron chi connectivity index (χ1n) is 6.32. The summed E-state index contributed by atoms with van der Waals surface area (Å²) < 4.78 is 26.6. The van der Waals surface area contributed by atoms with Crippen molar-refractivity contribution in [1.82, 2.24) is 4.31 Å². The molecule has 0 aromatic rings. The summed E-state index contributed by atoms with van der Waals surface area (Å²) in [4.78, 5) is 0. The normalized spacial score (nSPS) is 19.1. The fraction of sp³-hybridized carbons (Fsp3) is 1.00. The second-order valence-corrected chi connectivity index (χ2v) is 8.77. The zero-order valence-electron chi connectivity index (χ0n) is 11.1. The lowest BCUT2D eigenvalue weighted by molar-refractivity contribution is 0.328. The summed E-state index contributed by atoms with van der Waals surface area (Å²) >= 11 is 3.36. The minimum Gasteiger partial charge on any atom is -0.212 e. The van der Waals surface area contributed by atoms with E-state index in [2.05, 4.69) is 15.9 Å². The number of halogens is 1. The lowest BCUT2D eigenvalue weighted by Gasteiger charge is -2.30. The van der Waals surface area contributed by atoms with Gasteiger partial charge in [0.1, 0.15) is 0 Å². The summed E-state index contributed by atoms with van der Waals surface area (Å²) in [7, 11) is -3.12. The van der Waals surface area contributed by atoms with Crippen molar-refractivity contribution in [3.8, 4) is 0 Å². The van der Waals surface area contributed by atoms with E-state index in [-0.39, 0.29) is 17.2 Å². The first kappa shape index (κ1) is 15.4. The van der Waals surface area contributed by atoms with Crippen molar-refractivity contribution in [1.29, 1.82) is 0 Å². The fourth-order valence-electron chi connectivity index (χ4n) is 2.45. The van der Waals surface area contributed by atoms with E-state index in [1.54, 1.807) is 4.31 Å². The maximum Gasteiger partial charge on any atom is 0.214 e. The van der Waals surface area contributed by atoms with E-state index in [9.17, 15) is 8.42 Å². The number of hydrogen-bond donors (Lipinski definition) is 0. The molecule has 0 atom stereocenters. The number of rotatable bonds is 5. The van der Waals surface area contributed by atoms with Crippen LogP contribution in [0.15, 0.2) is 0 Å². The van der Waals surface area contributed by atoms with Crippen molar-refractivity contribution < 1.29 is 8.42 Å². The average Bonchev–Trinajstić information content (AvgIpc) is 2.62. The van der Waals surface area contributed by atoms with Crippen LogP contribution < -0.4 is 0 Å². The molecule has 102 valence electrons. The third kappa shape index (κ3) is 4.87. The Morgan fingerprint density at radius 3 is 2.18 bits per heavy atom. The van der Waals surface area contributed by atoms with Gasteiger partial charge >= 0.3 is 0 Å². The minimum atomic E-state index is -3.12. The van der Waals surface area contributed by atoms with Crippen molar-refractivity contribution in [2.24, 2.45) is 5.41 Å². The van der Waals surface area contributed by atoms with Crippen molar-refractivity contribution in [3.05, 3.63) is 0 Å². The SMILES string of the molecule is CC(C)(C)CS(=O)(=O)N(CCBr)C1CCCC1. The summed E-state index contributed by atoms with van der Waals surface area (Å²) in [6, 6.07) is 0.236. The van der Waals surface area contributed by atoms with Crippen LogP contribution in [0.4, 0.5) is 0 Å². The molecule has 5 heteroatoms. The molecule has 17 heavy (non-hydrogen) atoms. The molecular weight excluding hydrogens is 302 g/mol. The predicted octanol–water partition coefficient (Wildman–Crippen LogP) is 3.00. The van der Waals surface area contributed by atoms with Gasteiger partial charge in [0.25, 0.3) is 0 Å². The number of alkyl halides is 1. The van der Waals surface area contributed by atoms with Crippen LogP contribution in [-0.2, 0) is 10.0 Å². The van der Waals surface area contributed by atoms with Gasteiger partial charge in [-0.3, -0.25) is 0 Å². The Kier molecular flexibility index (Phi) is 5.47. The predicted molar refractivity (Wildman–Crippen MR) is 76.0 cm³/mol. The molecule has 0 bridgehead atoms. The van der Waals surface area contributed by atoms with Gasteiger partial charge in [-0.15, -0.1) is 0 Å². The fourth-order valence-corrected chi connectivity index (χ4v) is 5.37. The summed E-state index contributed by atoms with van der Waals surface area (Å²) in [5.41, 5.74) is -0.179. The molecule has 0 amide bonds. The summed E-state index contributed by atoms with van der Waals surface area (Å²) in [5.74, 6) is 0.240. The molecule has 1 aliphatic carbocycles. The van der Waals surface area contributed by atoms with Crippen LogP contribution in [0.2, 0.25) is 0 Å². The van der Waals surface area contributed by atoms with E-state index in [0.29, 0.717) is 11.9 Å². The molecule has 0 unspecified atom stereocenters. The van der Waals surface area contributed by atoms with Crippen molar-refractivity contribution in [3.63, 3.8) is 0 Å². The van der Waals surface area contributed by atoms with Crippen molar-refractivity contribution >= 4 is 26.0 Å². The molecule has 0 N–H and O–H groups in total. The lowest BCUT2D eigenvalue weighted by atomic mass is 10.0. The molecule has 1 aliphatic rings. The first-order chi connectivity index (χ1) is 7.76. The third-order valence-electron chi connectivity index (χ3n) is 3.01. The van der Waals surface area contributed by atoms with Gasteiger partial charge in [0.05, 0.1) is 5.75 Å². The van der Waals surface area contributed by atoms with Crippen LogP contribution in [0.1, 0.15) is 46.5 Å². The highest BCUT2D eigenvalue weighted by atomic mass is 79.9. The Hall–Kier alpha value is 0.390. The average molecular weight is 326 g/mol. The molecule has 3 nitrogen and oxygen atoms in total. The minimum absolute atomic E-state index is 0.179. The van der Waals surface area contributed by atoms with Gasteiger partial charge < -0.3 is 0 Å². The van der Waals surface area contributed by atoms with E-state index >= 15 is 0 Å². The zero-order valence-corrected chi connectivity index (χ0v) is 13.5. The smallest absolute Gasteiger partial charge is 0.212 e. The van der Waals surface area contributed by atoms with Crippen molar-refractivity contribution in [2.45, 2.75) is 52.5 Å². The number of sulfonamides is 1. The maximum atomic E-state index is 12.4. The molecule has 0 aromatic heterocycles. The third-order valence-corrected chi connectivity index (χ3v) is 5.79. The topological polar surface area (TPSA) is 37.4 Å². The van der Waals surface area contributed by atoms with E-state index in [4.69, 9.17) is 0 Å². The highest BCUT2D eigenvalue weighted by Gasteiger charge is 2.34. The van der Waals surface area contributed by atoms with E-state index in [1.807, 2.05) is 20.8 Å². The Balaban J connectivity index is 2.81. The van der Waals surface area contributed by atoms with Gasteiger partial charge in [0.15, 0.2) is 0 Å². The van der Waals surface area contributed by atoms with Gasteiger partial charge in [-0.1, -0.05) is 49.5 Å². The molecule has 1 rings (SSSR count). The quantitative estimate of drug-likeness (QED) is 0.728. The molecule has 0 aliphatic heterocycles. The highest BCUT2D eigenvalue weighted by Crippen LogP contribution is 2.28. The standard InChI is InChI=1S/C12H24BrNO2S/c1-12(2,3)10-17(15,16)14(9-8-13)11-6-4-5-7-11/h11H,4-10H2,1-3H3. The Labute approximate surface area is 114 Å². The molecule has 0 aromatic carbocycles. The van der Waals surface area contributed by atoms with Gasteiger partial charge in [0, 0.05) is 17.9 Å². The van der Waals surface area contributed by atoms with Crippen LogP contribution in [-0.4, -0.2) is 36.4 Å². The molecule has 1 saturated carbocycles. The van der Waals surface area contributed by atoms with Crippen molar-refractivity contribution in [2.75, 3.05) is 17.6 Å². The Morgan fingerprint density at radius 1 is 1.24 bits per heavy atom. The maximum absolute atomic E-state index is 12.4. The van der Waals surface area contributed by atoms with Crippen LogP contribution >= 0.6 is 15.9 Å². The van der Waals surface area contributed by atoms with Crippen LogP contribution in [0.3, 0.4) is 0 Å². The first-order valence-corrected chi connectivity index (χ1v) is 9.05. The second-order valence-electron chi connectivity index (χ2n) is 6.05. The van der Waals surface area contributed by atoms with Gasteiger partial charge in [0.2, 0.25) is 10.0 Å². The summed E-state index contributed by atoms with van der Waals surface area (Å²) in [6.45, 7) is 6.53. The van der Waals surface area contributed by atoms with Crippen LogP contribution in [0.25, 0.3) is 0 Å². The molecule has 0 heterocycles. The second kappa shape index (κ2) is 6.02. The lowest BCUT2D eigenvalue weighted by Crippen LogP contribution is -2.43. The van der Waals surface area contributed by atoms with E-state index in [1.165, 1.54) is 0 Å². The Bertz CT molecular complexity index is 329. The zero-order chi connectivity index (χ0) is 13.1. The van der Waals surface area contributed by atoms with E-state index < -0.39 is 10.0 Å². The monoisotopic (exact) mass is 325 g/mol. The summed E-state index contributed by atoms with van der Waals surface area (Å²) in [6.07, 6.45) is 4.37. The van der Waals surface area contributed by atoms with Crippen LogP contribution in [0.5, 0.6) is 0 Å². The van der Waals surface area contributed by atoms with Gasteiger partial charge in [-0.25, -0.2) is 8.42 Å². The molecule has 0 radical (unpaired) electrons. The highest BCUT2D eigenvalue weighted by molar-refractivity contribution is 9.09. The molecular formula is C12H24BrNO2S. The summed E-state index contributed by atoms with van der Waals surface area (Å²) in [5, 5.41) is 0.715. The number of nitrogens with zero attached hydrogens (tertiary/aromatic N) is 1. The molecule has 1 fully saturated rings. The van der Waals surface area contributed by atoms with Crippen LogP contribution in [0, 0.1) is 5.41 Å². The Morgan fingerprint density at radius 2 is 1.76 bits per heavy atom. The largest absolute Gasteiger partial charge is 0.214 e. The molecule has 0 spiro atoms.